The van der Waals surface area contributed by atoms with Crippen molar-refractivity contribution in [3.05, 3.63) is 29.8 Å². The molecular formula is C17H27NO3. The summed E-state index contributed by atoms with van der Waals surface area (Å²) < 4.78 is 10.5. The van der Waals surface area contributed by atoms with Gasteiger partial charge < -0.3 is 15.2 Å². The lowest BCUT2D eigenvalue weighted by molar-refractivity contribution is -0.147. The van der Waals surface area contributed by atoms with Gasteiger partial charge in [0, 0.05) is 6.42 Å². The Morgan fingerprint density at radius 1 is 1.33 bits per heavy atom. The van der Waals surface area contributed by atoms with Crippen LogP contribution in [0.3, 0.4) is 0 Å². The van der Waals surface area contributed by atoms with Crippen molar-refractivity contribution in [2.75, 3.05) is 7.11 Å². The molecule has 0 radical (unpaired) electrons. The summed E-state index contributed by atoms with van der Waals surface area (Å²) in [5.74, 6) is 0.372. The molecule has 0 saturated heterocycles. The number of hydrogen-bond acceptors (Lipinski definition) is 4. The third-order valence-corrected chi connectivity index (χ3v) is 3.44. The summed E-state index contributed by atoms with van der Waals surface area (Å²) in [6.45, 7) is 5.75. The first-order valence-electron chi connectivity index (χ1n) is 7.52. The molecule has 2 N–H and O–H groups in total. The van der Waals surface area contributed by atoms with E-state index in [1.54, 1.807) is 6.92 Å². The number of ether oxygens (including phenoxy) is 2. The second-order valence-corrected chi connectivity index (χ2v) is 5.79. The van der Waals surface area contributed by atoms with Crippen LogP contribution in [0.1, 0.15) is 45.6 Å². The van der Waals surface area contributed by atoms with Crippen molar-refractivity contribution in [1.82, 2.24) is 0 Å². The molecule has 0 heterocycles. The number of unbranched alkanes of at least 4 members (excludes halogenated alkanes) is 1. The molecule has 0 bridgehead atoms. The van der Waals surface area contributed by atoms with Crippen LogP contribution in [0.2, 0.25) is 0 Å². The minimum atomic E-state index is -1.03. The smallest absolute Gasteiger partial charge is 0.325 e. The summed E-state index contributed by atoms with van der Waals surface area (Å²) >= 11 is 0. The fourth-order valence-corrected chi connectivity index (χ4v) is 2.30. The predicted molar refractivity (Wildman–Crippen MR) is 84.4 cm³/mol. The minimum absolute atomic E-state index is 0.166. The number of carbonyl (C=O) groups excluding carboxylic acids is 1. The lowest BCUT2D eigenvalue weighted by atomic mass is 9.96. The molecule has 1 rings (SSSR count). The molecule has 0 aliphatic carbocycles. The van der Waals surface area contributed by atoms with E-state index in [4.69, 9.17) is 15.2 Å². The number of rotatable bonds is 8. The molecule has 4 nitrogen and oxygen atoms in total. The van der Waals surface area contributed by atoms with Gasteiger partial charge in [0.2, 0.25) is 0 Å². The van der Waals surface area contributed by atoms with E-state index in [0.717, 1.165) is 12.2 Å². The Kier molecular flexibility index (Phi) is 6.69. The first kappa shape index (κ1) is 17.5. The van der Waals surface area contributed by atoms with Gasteiger partial charge in [-0.05, 0) is 44.4 Å². The van der Waals surface area contributed by atoms with Crippen molar-refractivity contribution in [1.29, 1.82) is 0 Å². The van der Waals surface area contributed by atoms with E-state index >= 15 is 0 Å². The average molecular weight is 293 g/mol. The summed E-state index contributed by atoms with van der Waals surface area (Å²) in [5, 5.41) is 0. The lowest BCUT2D eigenvalue weighted by Crippen LogP contribution is -2.48. The van der Waals surface area contributed by atoms with Crippen LogP contribution in [0.5, 0.6) is 5.75 Å². The highest BCUT2D eigenvalue weighted by atomic mass is 16.5. The Bertz CT molecular complexity index is 440. The molecule has 0 aliphatic heterocycles. The fraction of sp³-hybridized carbons (Fsp3) is 0.588. The number of methoxy groups -OCH3 is 1. The van der Waals surface area contributed by atoms with Gasteiger partial charge in [0.05, 0.1) is 13.2 Å². The molecule has 1 aromatic rings. The van der Waals surface area contributed by atoms with Crippen LogP contribution in [0.4, 0.5) is 0 Å². The second-order valence-electron chi connectivity index (χ2n) is 5.79. The molecule has 2 atom stereocenters. The van der Waals surface area contributed by atoms with Crippen LogP contribution in [0.25, 0.3) is 0 Å². The summed E-state index contributed by atoms with van der Waals surface area (Å²) in [7, 11) is 1.34. The second kappa shape index (κ2) is 8.03. The summed E-state index contributed by atoms with van der Waals surface area (Å²) in [6.07, 6.45) is 3.71. The topological polar surface area (TPSA) is 61.5 Å². The Morgan fingerprint density at radius 2 is 1.95 bits per heavy atom. The largest absolute Gasteiger partial charge is 0.491 e. The zero-order chi connectivity index (χ0) is 15.9. The highest BCUT2D eigenvalue weighted by Gasteiger charge is 2.32. The number of nitrogens with two attached hydrogens (primary N) is 1. The molecule has 118 valence electrons. The van der Waals surface area contributed by atoms with Crippen LogP contribution < -0.4 is 10.5 Å². The van der Waals surface area contributed by atoms with Crippen LogP contribution in [-0.2, 0) is 16.0 Å². The van der Waals surface area contributed by atoms with Crippen LogP contribution in [-0.4, -0.2) is 24.7 Å². The van der Waals surface area contributed by atoms with Gasteiger partial charge in [0.25, 0.3) is 0 Å². The SMILES string of the molecule is CCCCc1ccc(OC(C)CC(C)(N)C(=O)OC)cc1. The van der Waals surface area contributed by atoms with Crippen molar-refractivity contribution in [2.45, 2.75) is 58.1 Å². The minimum Gasteiger partial charge on any atom is -0.491 e. The molecule has 21 heavy (non-hydrogen) atoms. The van der Waals surface area contributed by atoms with Gasteiger partial charge in [0.15, 0.2) is 0 Å². The fourth-order valence-electron chi connectivity index (χ4n) is 2.30. The van der Waals surface area contributed by atoms with Crippen molar-refractivity contribution < 1.29 is 14.3 Å². The molecule has 0 aromatic heterocycles. The lowest BCUT2D eigenvalue weighted by Gasteiger charge is -2.25. The molecule has 4 heteroatoms. The number of aryl methyl sites for hydroxylation is 1. The van der Waals surface area contributed by atoms with Gasteiger partial charge in [-0.2, -0.15) is 0 Å². The number of esters is 1. The predicted octanol–water partition coefficient (Wildman–Crippen LogP) is 3.08. The quantitative estimate of drug-likeness (QED) is 0.748. The van der Waals surface area contributed by atoms with Crippen molar-refractivity contribution in [3.63, 3.8) is 0 Å². The van der Waals surface area contributed by atoms with E-state index in [0.29, 0.717) is 6.42 Å². The molecule has 0 spiro atoms. The molecule has 0 aliphatic rings. The highest BCUT2D eigenvalue weighted by molar-refractivity contribution is 5.79. The van der Waals surface area contributed by atoms with Crippen LogP contribution in [0.15, 0.2) is 24.3 Å². The maximum Gasteiger partial charge on any atom is 0.325 e. The normalized spacial score (nSPS) is 15.1. The maximum absolute atomic E-state index is 11.6. The first-order valence-corrected chi connectivity index (χ1v) is 7.52. The monoisotopic (exact) mass is 293 g/mol. The Morgan fingerprint density at radius 3 is 2.48 bits per heavy atom. The van der Waals surface area contributed by atoms with E-state index in [9.17, 15) is 4.79 Å². The van der Waals surface area contributed by atoms with E-state index in [1.807, 2.05) is 19.1 Å². The zero-order valence-electron chi connectivity index (χ0n) is 13.5. The molecule has 0 fully saturated rings. The highest BCUT2D eigenvalue weighted by Crippen LogP contribution is 2.19. The Hall–Kier alpha value is -1.55. The zero-order valence-corrected chi connectivity index (χ0v) is 13.5. The molecule has 0 amide bonds. The maximum atomic E-state index is 11.6. The number of benzene rings is 1. The van der Waals surface area contributed by atoms with Gasteiger partial charge in [-0.1, -0.05) is 25.5 Å². The third kappa shape index (κ3) is 5.76. The van der Waals surface area contributed by atoms with E-state index < -0.39 is 11.5 Å². The number of hydrogen-bond donors (Lipinski definition) is 1. The van der Waals surface area contributed by atoms with Gasteiger partial charge >= 0.3 is 5.97 Å². The van der Waals surface area contributed by atoms with Gasteiger partial charge in [-0.3, -0.25) is 4.79 Å². The van der Waals surface area contributed by atoms with Gasteiger partial charge in [0.1, 0.15) is 11.3 Å². The average Bonchev–Trinajstić information content (AvgIpc) is 2.45. The van der Waals surface area contributed by atoms with Crippen molar-refractivity contribution >= 4 is 5.97 Å². The molecule has 2 unspecified atom stereocenters. The van der Waals surface area contributed by atoms with Gasteiger partial charge in [-0.15, -0.1) is 0 Å². The molecular weight excluding hydrogens is 266 g/mol. The van der Waals surface area contributed by atoms with Crippen molar-refractivity contribution in [2.24, 2.45) is 5.73 Å². The Balaban J connectivity index is 2.54. The summed E-state index contributed by atoms with van der Waals surface area (Å²) in [4.78, 5) is 11.6. The molecule has 0 saturated carbocycles. The first-order chi connectivity index (χ1) is 9.89. The van der Waals surface area contributed by atoms with E-state index in [1.165, 1.54) is 25.5 Å². The van der Waals surface area contributed by atoms with Crippen LogP contribution in [0, 0.1) is 0 Å². The summed E-state index contributed by atoms with van der Waals surface area (Å²) in [5.41, 5.74) is 6.23. The number of carbonyl (C=O) groups is 1. The molecule has 1 aromatic carbocycles. The standard InChI is InChI=1S/C17H27NO3/c1-5-6-7-14-8-10-15(11-9-14)21-13(2)12-17(3,18)16(19)20-4/h8-11,13H,5-7,12,18H2,1-4H3. The van der Waals surface area contributed by atoms with E-state index in [-0.39, 0.29) is 6.10 Å². The van der Waals surface area contributed by atoms with Gasteiger partial charge in [-0.25, -0.2) is 0 Å². The van der Waals surface area contributed by atoms with Crippen molar-refractivity contribution in [3.8, 4) is 5.75 Å². The van der Waals surface area contributed by atoms with Crippen LogP contribution >= 0.6 is 0 Å². The summed E-state index contributed by atoms with van der Waals surface area (Å²) in [6, 6.07) is 8.10. The third-order valence-electron chi connectivity index (χ3n) is 3.44. The Labute approximate surface area is 127 Å². The van der Waals surface area contributed by atoms with E-state index in [2.05, 4.69) is 19.1 Å².